The van der Waals surface area contributed by atoms with Crippen molar-refractivity contribution in [3.8, 4) is 0 Å². The third kappa shape index (κ3) is 11.1. The van der Waals surface area contributed by atoms with Crippen LogP contribution in [0.4, 0.5) is 0 Å². The number of rotatable bonds is 6. The van der Waals surface area contributed by atoms with Crippen LogP contribution in [0.3, 0.4) is 0 Å². The number of hydrogen-bond acceptors (Lipinski definition) is 0. The Labute approximate surface area is 178 Å². The van der Waals surface area contributed by atoms with Gasteiger partial charge < -0.3 is 0 Å². The van der Waals surface area contributed by atoms with E-state index in [0.717, 1.165) is 0 Å². The average molecular weight is 461 g/mol. The predicted octanol–water partition coefficient (Wildman–Crippen LogP) is 8.10. The molecular formula is C22H34Cl2Zr+2. The Morgan fingerprint density at radius 3 is 1.08 bits per heavy atom. The van der Waals surface area contributed by atoms with Crippen LogP contribution >= 0.6 is 17.0 Å². The van der Waals surface area contributed by atoms with E-state index in [1.165, 1.54) is 62.2 Å². The second-order valence-corrected chi connectivity index (χ2v) is 10.4. The minimum atomic E-state index is -0.826. The van der Waals surface area contributed by atoms with Gasteiger partial charge in [-0.15, -0.1) is 0 Å². The molecule has 2 rings (SSSR count). The molecule has 0 aromatic rings. The minimum absolute atomic E-state index is 0.826. The average Bonchev–Trinajstić information content (AvgIpc) is 3.07. The Kier molecular flexibility index (Phi) is 17.4. The quantitative estimate of drug-likeness (QED) is 0.376. The third-order valence-electron chi connectivity index (χ3n) is 4.63. The van der Waals surface area contributed by atoms with E-state index in [-0.39, 0.29) is 0 Å². The first kappa shape index (κ1) is 26.5. The Bertz CT molecular complexity index is 250. The molecule has 10 radical (unpaired) electrons. The van der Waals surface area contributed by atoms with Crippen molar-refractivity contribution in [1.29, 1.82) is 0 Å². The second-order valence-electron chi connectivity index (χ2n) is 6.63. The van der Waals surface area contributed by atoms with Crippen molar-refractivity contribution < 1.29 is 20.8 Å². The number of hydrogen-bond donors (Lipinski definition) is 0. The van der Waals surface area contributed by atoms with Gasteiger partial charge in [0.25, 0.3) is 0 Å². The normalized spacial score (nSPS) is 20.8. The number of halogens is 2. The first-order valence-corrected chi connectivity index (χ1v) is 15.7. The molecule has 0 amide bonds. The van der Waals surface area contributed by atoms with E-state index in [1.54, 1.807) is 11.8 Å². The van der Waals surface area contributed by atoms with Gasteiger partial charge in [0.15, 0.2) is 0 Å². The molecule has 138 valence electrons. The van der Waals surface area contributed by atoms with Crippen molar-refractivity contribution in [2.75, 3.05) is 0 Å². The summed E-state index contributed by atoms with van der Waals surface area (Å²) in [6, 6.07) is 0. The summed E-state index contributed by atoms with van der Waals surface area (Å²) < 4.78 is 0. The van der Waals surface area contributed by atoms with Crippen molar-refractivity contribution in [2.24, 2.45) is 0 Å². The molecule has 0 aromatic heterocycles. The Morgan fingerprint density at radius 2 is 0.880 bits per heavy atom. The van der Waals surface area contributed by atoms with Gasteiger partial charge in [0.1, 0.15) is 0 Å². The van der Waals surface area contributed by atoms with Gasteiger partial charge in [0.2, 0.25) is 0 Å². The molecule has 0 bridgehead atoms. The third-order valence-corrected chi connectivity index (χ3v) is 4.63. The van der Waals surface area contributed by atoms with Crippen LogP contribution in [0, 0.1) is 61.2 Å². The summed E-state index contributed by atoms with van der Waals surface area (Å²) in [7, 11) is 9.87. The standard InChI is InChI=1S/2C11H17.2ClH.Zr/c2*1-4-5-6-11-9(2)7-8-10(11)3;;;/h2*7-8H,4-6H2,1-3H3;2*1H;/q;;;;+4/p-2. The van der Waals surface area contributed by atoms with Crippen LogP contribution in [0.25, 0.3) is 0 Å². The van der Waals surface area contributed by atoms with E-state index in [0.29, 0.717) is 0 Å². The van der Waals surface area contributed by atoms with Crippen LogP contribution in [0.2, 0.25) is 0 Å². The van der Waals surface area contributed by atoms with Crippen LogP contribution in [0.15, 0.2) is 0 Å². The number of unbranched alkanes of at least 4 members (excludes halogenated alkanes) is 2. The molecule has 0 atom stereocenters. The van der Waals surface area contributed by atoms with Gasteiger partial charge >= 0.3 is 37.9 Å². The molecule has 0 nitrogen and oxygen atoms in total. The van der Waals surface area contributed by atoms with E-state index in [2.05, 4.69) is 67.2 Å². The molecule has 0 spiro atoms. The molecule has 0 unspecified atom stereocenters. The van der Waals surface area contributed by atoms with E-state index in [1.807, 2.05) is 0 Å². The molecule has 2 aliphatic rings. The fourth-order valence-corrected chi connectivity index (χ4v) is 3.02. The molecule has 3 heteroatoms. The van der Waals surface area contributed by atoms with Crippen molar-refractivity contribution >= 4 is 17.0 Å². The summed E-state index contributed by atoms with van der Waals surface area (Å²) in [6.45, 7) is 13.3. The molecule has 25 heavy (non-hydrogen) atoms. The van der Waals surface area contributed by atoms with Crippen LogP contribution in [-0.2, 0) is 20.8 Å². The van der Waals surface area contributed by atoms with Gasteiger partial charge in [-0.05, 0) is 74.0 Å². The first-order valence-electron chi connectivity index (χ1n) is 9.32. The molecule has 2 aliphatic carbocycles. The maximum atomic E-state index is 4.93. The van der Waals surface area contributed by atoms with E-state index < -0.39 is 20.8 Å². The summed E-state index contributed by atoms with van der Waals surface area (Å²) >= 11 is -0.826. The van der Waals surface area contributed by atoms with Gasteiger partial charge in [-0.2, -0.15) is 0 Å². The van der Waals surface area contributed by atoms with E-state index in [4.69, 9.17) is 17.0 Å². The maximum absolute atomic E-state index is 4.93. The van der Waals surface area contributed by atoms with Gasteiger partial charge in [0, 0.05) is 0 Å². The fraction of sp³-hybridized carbons (Fsp3) is 0.545. The SMILES string of the molecule is CCCC[C]1[C](C)[CH][CH][C]1C.CCCC[C]1[C](C)[CH][CH][C]1C.[Cl][Zr+2][Cl]. The summed E-state index contributed by atoms with van der Waals surface area (Å²) in [4.78, 5) is 0. The van der Waals surface area contributed by atoms with Crippen molar-refractivity contribution in [1.82, 2.24) is 0 Å². The molecule has 0 saturated heterocycles. The van der Waals surface area contributed by atoms with Crippen molar-refractivity contribution in [3.63, 3.8) is 0 Å². The summed E-state index contributed by atoms with van der Waals surface area (Å²) in [6.07, 6.45) is 16.7. The molecule has 0 aromatic carbocycles. The molecule has 2 fully saturated rings. The fourth-order valence-electron chi connectivity index (χ4n) is 3.02. The molecule has 2 saturated carbocycles. The summed E-state index contributed by atoms with van der Waals surface area (Å²) in [5, 5.41) is 0. The molecule has 0 heterocycles. The van der Waals surface area contributed by atoms with Gasteiger partial charge in [-0.3, -0.25) is 0 Å². The predicted molar refractivity (Wildman–Crippen MR) is 110 cm³/mol. The van der Waals surface area contributed by atoms with Gasteiger partial charge in [0.05, 0.1) is 0 Å². The summed E-state index contributed by atoms with van der Waals surface area (Å²) in [5.74, 6) is 9.03. The zero-order chi connectivity index (χ0) is 19.2. The second kappa shape index (κ2) is 16.4. The topological polar surface area (TPSA) is 0 Å². The van der Waals surface area contributed by atoms with Crippen LogP contribution in [0.5, 0.6) is 0 Å². The van der Waals surface area contributed by atoms with E-state index >= 15 is 0 Å². The van der Waals surface area contributed by atoms with Gasteiger partial charge in [-0.1, -0.05) is 67.2 Å². The molecule has 0 aliphatic heterocycles. The van der Waals surface area contributed by atoms with Crippen molar-refractivity contribution in [3.05, 3.63) is 61.2 Å². The zero-order valence-electron chi connectivity index (χ0n) is 16.8. The van der Waals surface area contributed by atoms with Crippen LogP contribution < -0.4 is 0 Å². The molecule has 0 N–H and O–H groups in total. The van der Waals surface area contributed by atoms with Crippen LogP contribution in [-0.4, -0.2) is 0 Å². The van der Waals surface area contributed by atoms with E-state index in [9.17, 15) is 0 Å². The molecular weight excluding hydrogens is 426 g/mol. The Balaban J connectivity index is 0.000000399. The van der Waals surface area contributed by atoms with Crippen molar-refractivity contribution in [2.45, 2.75) is 80.1 Å². The first-order chi connectivity index (χ1) is 11.9. The summed E-state index contributed by atoms with van der Waals surface area (Å²) in [5.41, 5.74) is 0. The Hall–Kier alpha value is 1.46. The van der Waals surface area contributed by atoms with Crippen LogP contribution in [0.1, 0.15) is 80.1 Å². The van der Waals surface area contributed by atoms with Gasteiger partial charge in [-0.25, -0.2) is 0 Å². The zero-order valence-corrected chi connectivity index (χ0v) is 20.8. The Morgan fingerprint density at radius 1 is 0.640 bits per heavy atom. The monoisotopic (exact) mass is 458 g/mol.